The van der Waals surface area contributed by atoms with Gasteiger partial charge in [0, 0.05) is 23.1 Å². The number of sulfonamides is 1. The monoisotopic (exact) mass is 571 g/mol. The van der Waals surface area contributed by atoms with Crippen molar-refractivity contribution in [2.75, 3.05) is 4.72 Å². The van der Waals surface area contributed by atoms with Crippen molar-refractivity contribution in [1.29, 1.82) is 0 Å². The zero-order valence-corrected chi connectivity index (χ0v) is 23.7. The van der Waals surface area contributed by atoms with Crippen LogP contribution in [0.3, 0.4) is 0 Å². The van der Waals surface area contributed by atoms with Crippen LogP contribution >= 0.6 is 0 Å². The van der Waals surface area contributed by atoms with Gasteiger partial charge in [-0.15, -0.1) is 0 Å². The van der Waals surface area contributed by atoms with E-state index in [0.29, 0.717) is 27.7 Å². The van der Waals surface area contributed by atoms with Crippen molar-refractivity contribution >= 4 is 32.7 Å². The number of H-pyrrole nitrogens is 1. The smallest absolute Gasteiger partial charge is 0.393 e. The molecule has 0 aliphatic carbocycles. The number of aromatic amines is 1. The van der Waals surface area contributed by atoms with Crippen LogP contribution in [-0.4, -0.2) is 19.5 Å². The Morgan fingerprint density at radius 2 is 1.59 bits per heavy atom. The van der Waals surface area contributed by atoms with Gasteiger partial charge in [-0.2, -0.15) is 0 Å². The summed E-state index contributed by atoms with van der Waals surface area (Å²) in [5.74, 6) is -0.150. The minimum absolute atomic E-state index is 0.0967. The van der Waals surface area contributed by atoms with Crippen LogP contribution in [0.2, 0.25) is 0 Å². The fourth-order valence-corrected chi connectivity index (χ4v) is 5.50. The van der Waals surface area contributed by atoms with Crippen LogP contribution in [0, 0.1) is 5.82 Å². The van der Waals surface area contributed by atoms with E-state index in [2.05, 4.69) is 35.8 Å². The average molecular weight is 572 g/mol. The van der Waals surface area contributed by atoms with E-state index in [-0.39, 0.29) is 28.6 Å². The lowest BCUT2D eigenvalue weighted by molar-refractivity contribution is 0.198. The molecule has 0 fully saturated rings. The number of ether oxygens (including phenoxy) is 1. The molecule has 7 nitrogen and oxygen atoms in total. The molecule has 0 atom stereocenters. The Kier molecular flexibility index (Phi) is 7.55. The summed E-state index contributed by atoms with van der Waals surface area (Å²) >= 11 is 0. The van der Waals surface area contributed by atoms with Crippen LogP contribution in [-0.2, 0) is 22.0 Å². The number of fused-ring (bicyclic) bond motifs is 1. The lowest BCUT2D eigenvalue weighted by atomic mass is 9.87. The molecule has 210 valence electrons. The Morgan fingerprint density at radius 3 is 2.24 bits per heavy atom. The molecule has 0 spiro atoms. The maximum Gasteiger partial charge on any atom is 0.414 e. The van der Waals surface area contributed by atoms with Gasteiger partial charge in [0.1, 0.15) is 5.82 Å². The van der Waals surface area contributed by atoms with Gasteiger partial charge in [0.25, 0.3) is 10.0 Å². The van der Waals surface area contributed by atoms with Crippen molar-refractivity contribution in [2.24, 2.45) is 0 Å². The molecule has 0 aliphatic rings. The Hall–Kier alpha value is -4.63. The molecule has 41 heavy (non-hydrogen) atoms. The molecule has 1 aromatic heterocycles. The molecule has 1 heterocycles. The third-order valence-corrected chi connectivity index (χ3v) is 8.05. The summed E-state index contributed by atoms with van der Waals surface area (Å²) in [6, 6.07) is 27.1. The summed E-state index contributed by atoms with van der Waals surface area (Å²) in [5.41, 5.74) is 4.05. The predicted molar refractivity (Wildman–Crippen MR) is 159 cm³/mol. The first-order valence-electron chi connectivity index (χ1n) is 13.0. The molecular formula is C32H30FN3O4S. The van der Waals surface area contributed by atoms with Crippen LogP contribution in [0.5, 0.6) is 5.88 Å². The molecule has 5 aromatic rings. The van der Waals surface area contributed by atoms with Gasteiger partial charge >= 0.3 is 6.09 Å². The molecule has 0 saturated carbocycles. The molecule has 5 rings (SSSR count). The fraction of sp³-hybridized carbons (Fsp3) is 0.156. The summed E-state index contributed by atoms with van der Waals surface area (Å²) < 4.78 is 47.9. The van der Waals surface area contributed by atoms with E-state index >= 15 is 0 Å². The molecule has 1 amide bonds. The second-order valence-corrected chi connectivity index (χ2v) is 12.4. The minimum atomic E-state index is -3.85. The second-order valence-electron chi connectivity index (χ2n) is 10.7. The summed E-state index contributed by atoms with van der Waals surface area (Å²) in [6.07, 6.45) is -0.697. The van der Waals surface area contributed by atoms with Crippen molar-refractivity contribution < 1.29 is 22.3 Å². The van der Waals surface area contributed by atoms with Crippen molar-refractivity contribution in [2.45, 2.75) is 37.6 Å². The van der Waals surface area contributed by atoms with Crippen molar-refractivity contribution in [3.63, 3.8) is 0 Å². The molecule has 0 bridgehead atoms. The van der Waals surface area contributed by atoms with Gasteiger partial charge in [0.15, 0.2) is 0 Å². The number of carbonyl (C=O) groups excluding carboxylic acids is 1. The first-order valence-corrected chi connectivity index (χ1v) is 14.5. The highest BCUT2D eigenvalue weighted by molar-refractivity contribution is 7.92. The number of anilines is 1. The normalized spacial score (nSPS) is 11.8. The molecule has 0 radical (unpaired) electrons. The number of hydrogen-bond acceptors (Lipinski definition) is 4. The highest BCUT2D eigenvalue weighted by Gasteiger charge is 2.21. The van der Waals surface area contributed by atoms with Gasteiger partial charge in [-0.1, -0.05) is 75.4 Å². The molecule has 4 aromatic carbocycles. The van der Waals surface area contributed by atoms with Crippen molar-refractivity contribution in [3.8, 4) is 17.0 Å². The molecule has 9 heteroatoms. The maximum absolute atomic E-state index is 13.2. The van der Waals surface area contributed by atoms with Crippen molar-refractivity contribution in [1.82, 2.24) is 10.3 Å². The van der Waals surface area contributed by atoms with Gasteiger partial charge in [-0.25, -0.2) is 17.6 Å². The van der Waals surface area contributed by atoms with Crippen LogP contribution < -0.4 is 14.8 Å². The Labute approximate surface area is 238 Å². The second kappa shape index (κ2) is 11.1. The van der Waals surface area contributed by atoms with Gasteiger partial charge < -0.3 is 15.0 Å². The first kappa shape index (κ1) is 27.9. The quantitative estimate of drug-likeness (QED) is 0.190. The molecule has 0 unspecified atom stereocenters. The van der Waals surface area contributed by atoms with Crippen LogP contribution in [0.4, 0.5) is 14.9 Å². The number of rotatable bonds is 7. The standard InChI is InChI=1S/C32H30FN3O4S/c1-32(2,3)23-11-16-26(17-12-23)41(38,39)36-25-15-18-28-27(19-25)29(22-7-5-4-6-8-22)30(35-28)40-31(37)34-20-21-9-13-24(33)14-10-21/h4-19,35-36H,20H2,1-3H3,(H,34,37). The zero-order valence-electron chi connectivity index (χ0n) is 22.9. The lowest BCUT2D eigenvalue weighted by Crippen LogP contribution is -2.26. The van der Waals surface area contributed by atoms with E-state index in [4.69, 9.17) is 4.74 Å². The number of amides is 1. The Bertz CT molecular complexity index is 1790. The summed E-state index contributed by atoms with van der Waals surface area (Å²) in [4.78, 5) is 16.0. The highest BCUT2D eigenvalue weighted by Crippen LogP contribution is 2.39. The van der Waals surface area contributed by atoms with E-state index in [1.165, 1.54) is 12.1 Å². The number of aromatic nitrogens is 1. The molecule has 0 saturated heterocycles. The van der Waals surface area contributed by atoms with E-state index in [1.807, 2.05) is 42.5 Å². The predicted octanol–water partition coefficient (Wildman–Crippen LogP) is 7.36. The van der Waals surface area contributed by atoms with Crippen LogP contribution in [0.25, 0.3) is 22.0 Å². The minimum Gasteiger partial charge on any atom is -0.393 e. The maximum atomic E-state index is 13.2. The Morgan fingerprint density at radius 1 is 0.902 bits per heavy atom. The third kappa shape index (κ3) is 6.41. The van der Waals surface area contributed by atoms with E-state index in [0.717, 1.165) is 11.1 Å². The highest BCUT2D eigenvalue weighted by atomic mass is 32.2. The molecular weight excluding hydrogens is 541 g/mol. The average Bonchev–Trinajstić information content (AvgIpc) is 3.29. The third-order valence-electron chi connectivity index (χ3n) is 6.65. The Balaban J connectivity index is 1.43. The number of nitrogens with one attached hydrogen (secondary N) is 3. The lowest BCUT2D eigenvalue weighted by Gasteiger charge is -2.19. The van der Waals surface area contributed by atoms with E-state index < -0.39 is 16.1 Å². The SMILES string of the molecule is CC(C)(C)c1ccc(S(=O)(=O)Nc2ccc3[nH]c(OC(=O)NCc4ccc(F)cc4)c(-c4ccccc4)c3c2)cc1. The summed E-state index contributed by atoms with van der Waals surface area (Å²) in [7, 11) is -3.85. The fourth-order valence-electron chi connectivity index (χ4n) is 4.45. The topological polar surface area (TPSA) is 100 Å². The zero-order chi connectivity index (χ0) is 29.2. The number of hydrogen-bond donors (Lipinski definition) is 3. The van der Waals surface area contributed by atoms with Crippen LogP contribution in [0.15, 0.2) is 102 Å². The van der Waals surface area contributed by atoms with Gasteiger partial charge in [0.05, 0.1) is 10.5 Å². The van der Waals surface area contributed by atoms with Gasteiger partial charge in [-0.05, 0) is 64.6 Å². The number of halogens is 1. The van der Waals surface area contributed by atoms with Gasteiger partial charge in [0.2, 0.25) is 5.88 Å². The van der Waals surface area contributed by atoms with E-state index in [1.54, 1.807) is 42.5 Å². The molecule has 0 aliphatic heterocycles. The first-order chi connectivity index (χ1) is 19.5. The van der Waals surface area contributed by atoms with Crippen LogP contribution in [0.1, 0.15) is 31.9 Å². The summed E-state index contributed by atoms with van der Waals surface area (Å²) in [6.45, 7) is 6.36. The largest absolute Gasteiger partial charge is 0.414 e. The summed E-state index contributed by atoms with van der Waals surface area (Å²) in [5, 5.41) is 3.34. The number of benzene rings is 4. The van der Waals surface area contributed by atoms with E-state index in [9.17, 15) is 17.6 Å². The number of carbonyl (C=O) groups is 1. The van der Waals surface area contributed by atoms with Gasteiger partial charge in [-0.3, -0.25) is 4.72 Å². The molecule has 3 N–H and O–H groups in total. The van der Waals surface area contributed by atoms with Crippen molar-refractivity contribution in [3.05, 3.63) is 114 Å².